The molecule has 0 aromatic heterocycles. The Morgan fingerprint density at radius 2 is 0.867 bits per heavy atom. The second-order valence-corrected chi connectivity index (χ2v) is 8.85. The Morgan fingerprint density at radius 1 is 0.600 bits per heavy atom. The number of hydrogen-bond acceptors (Lipinski definition) is 4. The molecule has 0 heterocycles. The van der Waals surface area contributed by atoms with Gasteiger partial charge in [-0.2, -0.15) is 0 Å². The van der Waals surface area contributed by atoms with E-state index < -0.39 is 0 Å². The van der Waals surface area contributed by atoms with Crippen LogP contribution in [0.15, 0.2) is 24.3 Å². The summed E-state index contributed by atoms with van der Waals surface area (Å²) in [6, 6.07) is 8.10. The summed E-state index contributed by atoms with van der Waals surface area (Å²) in [5, 5.41) is 0. The number of rotatable bonds is 4. The van der Waals surface area contributed by atoms with Crippen molar-refractivity contribution in [1.82, 2.24) is 0 Å². The number of carbonyl (C=O) groups is 2. The zero-order valence-electron chi connectivity index (χ0n) is 18.9. The van der Waals surface area contributed by atoms with Gasteiger partial charge in [0.2, 0.25) is 0 Å². The van der Waals surface area contributed by atoms with E-state index in [9.17, 15) is 9.59 Å². The zero-order valence-corrected chi connectivity index (χ0v) is 18.9. The summed E-state index contributed by atoms with van der Waals surface area (Å²) >= 11 is 0. The molecule has 1 aliphatic rings. The van der Waals surface area contributed by atoms with Crippen molar-refractivity contribution in [3.05, 3.63) is 57.6 Å². The molecular weight excluding hydrogens is 376 g/mol. The van der Waals surface area contributed by atoms with Crippen LogP contribution in [0.1, 0.15) is 59.1 Å². The molecule has 30 heavy (non-hydrogen) atoms. The topological polar surface area (TPSA) is 52.6 Å². The zero-order chi connectivity index (χ0) is 22.0. The molecule has 1 aliphatic carbocycles. The monoisotopic (exact) mass is 408 g/mol. The minimum absolute atomic E-state index is 0.169. The molecule has 2 aromatic carbocycles. The molecule has 160 valence electrons. The second-order valence-electron chi connectivity index (χ2n) is 8.85. The third kappa shape index (κ3) is 4.92. The van der Waals surface area contributed by atoms with Crippen LogP contribution in [0, 0.1) is 53.4 Å². The molecule has 0 saturated heterocycles. The number of hydrogen-bond donors (Lipinski definition) is 0. The van der Waals surface area contributed by atoms with Crippen LogP contribution in [0.4, 0.5) is 0 Å². The van der Waals surface area contributed by atoms with Gasteiger partial charge < -0.3 is 9.47 Å². The molecule has 4 nitrogen and oxygen atoms in total. The highest BCUT2D eigenvalue weighted by Crippen LogP contribution is 2.34. The molecule has 3 rings (SSSR count). The van der Waals surface area contributed by atoms with Gasteiger partial charge in [0.1, 0.15) is 11.5 Å². The van der Waals surface area contributed by atoms with Gasteiger partial charge in [-0.15, -0.1) is 0 Å². The van der Waals surface area contributed by atoms with E-state index in [2.05, 4.69) is 0 Å². The summed E-state index contributed by atoms with van der Waals surface area (Å²) in [4.78, 5) is 25.4. The number of esters is 2. The first-order chi connectivity index (χ1) is 14.2. The molecule has 1 saturated carbocycles. The van der Waals surface area contributed by atoms with Crippen LogP contribution in [0.2, 0.25) is 0 Å². The molecule has 0 N–H and O–H groups in total. The summed E-state index contributed by atoms with van der Waals surface area (Å²) in [5.74, 6) is 0.605. The fourth-order valence-corrected chi connectivity index (χ4v) is 4.59. The summed E-state index contributed by atoms with van der Waals surface area (Å²) in [6.45, 7) is 11.9. The molecule has 1 fully saturated rings. The van der Waals surface area contributed by atoms with Crippen molar-refractivity contribution in [3.8, 4) is 11.5 Å². The van der Waals surface area contributed by atoms with Crippen molar-refractivity contribution < 1.29 is 19.1 Å². The van der Waals surface area contributed by atoms with Gasteiger partial charge in [-0.3, -0.25) is 9.59 Å². The lowest BCUT2D eigenvalue weighted by Gasteiger charge is -2.26. The van der Waals surface area contributed by atoms with Gasteiger partial charge in [0.05, 0.1) is 11.8 Å². The Bertz CT molecular complexity index is 839. The van der Waals surface area contributed by atoms with Gasteiger partial charge in [0.25, 0.3) is 0 Å². The molecule has 0 amide bonds. The largest absolute Gasteiger partial charge is 0.426 e. The summed E-state index contributed by atoms with van der Waals surface area (Å²) in [7, 11) is 0. The van der Waals surface area contributed by atoms with Crippen molar-refractivity contribution >= 4 is 11.9 Å². The minimum Gasteiger partial charge on any atom is -0.426 e. The maximum atomic E-state index is 12.7. The van der Waals surface area contributed by atoms with Crippen LogP contribution in [-0.4, -0.2) is 11.9 Å². The van der Waals surface area contributed by atoms with Crippen LogP contribution in [-0.2, 0) is 9.59 Å². The lowest BCUT2D eigenvalue weighted by atomic mass is 9.82. The molecule has 0 atom stereocenters. The summed E-state index contributed by atoms with van der Waals surface area (Å²) in [5.41, 5.74) is 6.21. The van der Waals surface area contributed by atoms with Crippen molar-refractivity contribution in [2.45, 2.75) is 67.2 Å². The Morgan fingerprint density at radius 3 is 1.13 bits per heavy atom. The van der Waals surface area contributed by atoms with Crippen LogP contribution in [0.3, 0.4) is 0 Å². The van der Waals surface area contributed by atoms with Crippen LogP contribution < -0.4 is 9.47 Å². The SMILES string of the molecule is Cc1cc(C)c(OC(=O)C2CCC(C(=O)Oc3c(C)cc(C)cc3C)CC2)c(C)c1. The highest BCUT2D eigenvalue weighted by molar-refractivity contribution is 5.78. The first-order valence-electron chi connectivity index (χ1n) is 10.7. The second kappa shape index (κ2) is 9.03. The van der Waals surface area contributed by atoms with Crippen molar-refractivity contribution in [3.63, 3.8) is 0 Å². The van der Waals surface area contributed by atoms with Crippen LogP contribution >= 0.6 is 0 Å². The van der Waals surface area contributed by atoms with Gasteiger partial charge in [0, 0.05) is 0 Å². The van der Waals surface area contributed by atoms with Crippen LogP contribution in [0.5, 0.6) is 11.5 Å². The number of carbonyl (C=O) groups excluding carboxylic acids is 2. The minimum atomic E-state index is -0.193. The maximum Gasteiger partial charge on any atom is 0.314 e. The molecule has 2 aromatic rings. The molecule has 0 radical (unpaired) electrons. The van der Waals surface area contributed by atoms with Crippen LogP contribution in [0.25, 0.3) is 0 Å². The van der Waals surface area contributed by atoms with Crippen molar-refractivity contribution in [2.75, 3.05) is 0 Å². The predicted molar refractivity (Wildman–Crippen MR) is 118 cm³/mol. The average Bonchev–Trinajstić information content (AvgIpc) is 2.67. The van der Waals surface area contributed by atoms with E-state index in [1.54, 1.807) is 0 Å². The van der Waals surface area contributed by atoms with E-state index in [-0.39, 0.29) is 23.8 Å². The first kappa shape index (κ1) is 22.1. The molecular formula is C26H32O4. The van der Waals surface area contributed by atoms with E-state index >= 15 is 0 Å². The normalized spacial score (nSPS) is 18.7. The van der Waals surface area contributed by atoms with Gasteiger partial charge in [0.15, 0.2) is 0 Å². The highest BCUT2D eigenvalue weighted by Gasteiger charge is 2.32. The summed E-state index contributed by atoms with van der Waals surface area (Å²) < 4.78 is 11.5. The Kier molecular flexibility index (Phi) is 6.64. The molecule has 0 spiro atoms. The number of aryl methyl sites for hydroxylation is 6. The van der Waals surface area contributed by atoms with E-state index in [0.29, 0.717) is 37.2 Å². The first-order valence-corrected chi connectivity index (χ1v) is 10.7. The van der Waals surface area contributed by atoms with E-state index in [1.165, 1.54) is 0 Å². The van der Waals surface area contributed by atoms with Gasteiger partial charge >= 0.3 is 11.9 Å². The molecule has 0 bridgehead atoms. The Labute approximate surface area is 179 Å². The third-order valence-corrected chi connectivity index (χ3v) is 6.01. The van der Waals surface area contributed by atoms with Gasteiger partial charge in [-0.25, -0.2) is 0 Å². The van der Waals surface area contributed by atoms with E-state index in [0.717, 1.165) is 33.4 Å². The van der Waals surface area contributed by atoms with E-state index in [4.69, 9.17) is 9.47 Å². The third-order valence-electron chi connectivity index (χ3n) is 6.01. The lowest BCUT2D eigenvalue weighted by molar-refractivity contribution is -0.145. The number of benzene rings is 2. The quantitative estimate of drug-likeness (QED) is 0.470. The van der Waals surface area contributed by atoms with E-state index in [1.807, 2.05) is 65.8 Å². The Hall–Kier alpha value is -2.62. The van der Waals surface area contributed by atoms with Crippen molar-refractivity contribution in [2.24, 2.45) is 11.8 Å². The van der Waals surface area contributed by atoms with Gasteiger partial charge in [-0.05, 0) is 89.5 Å². The Balaban J connectivity index is 1.58. The summed E-state index contributed by atoms with van der Waals surface area (Å²) in [6.07, 6.45) is 2.59. The standard InChI is InChI=1S/C26H32O4/c1-15-11-17(3)23(18(4)12-15)29-25(27)21-7-9-22(10-8-21)26(28)30-24-19(5)13-16(2)14-20(24)6/h11-14,21-22H,7-10H2,1-6H3. The number of ether oxygens (including phenoxy) is 2. The van der Waals surface area contributed by atoms with Crippen molar-refractivity contribution in [1.29, 1.82) is 0 Å². The maximum absolute atomic E-state index is 12.7. The molecule has 0 aliphatic heterocycles. The predicted octanol–water partition coefficient (Wildman–Crippen LogP) is 5.85. The smallest absolute Gasteiger partial charge is 0.314 e. The fourth-order valence-electron chi connectivity index (χ4n) is 4.59. The molecule has 4 heteroatoms. The van der Waals surface area contributed by atoms with Gasteiger partial charge in [-0.1, -0.05) is 35.4 Å². The molecule has 0 unspecified atom stereocenters. The highest BCUT2D eigenvalue weighted by atomic mass is 16.5. The lowest BCUT2D eigenvalue weighted by Crippen LogP contribution is -2.30. The average molecular weight is 409 g/mol. The fraction of sp³-hybridized carbons (Fsp3) is 0.462.